The summed E-state index contributed by atoms with van der Waals surface area (Å²) in [7, 11) is 1.40. The number of hydrogen-bond donors (Lipinski definition) is 2. The van der Waals surface area contributed by atoms with Crippen molar-refractivity contribution in [2.75, 3.05) is 12.9 Å². The molecule has 0 aromatic heterocycles. The number of allylic oxidation sites excluding steroid dienone is 4. The highest BCUT2D eigenvalue weighted by molar-refractivity contribution is 9.10. The summed E-state index contributed by atoms with van der Waals surface area (Å²) in [4.78, 5) is 45.9. The van der Waals surface area contributed by atoms with Crippen LogP contribution in [0.25, 0.3) is 6.08 Å². The second kappa shape index (κ2) is 15.2. The number of phenols is 1. The number of thioether (sulfide) groups is 1. The van der Waals surface area contributed by atoms with Crippen molar-refractivity contribution in [3.8, 4) is 11.5 Å². The smallest absolute Gasteiger partial charge is 0.285 e. The highest BCUT2D eigenvalue weighted by atomic mass is 79.9. The number of aromatic hydroxyl groups is 1. The molecule has 3 amide bonds. The molecule has 4 rings (SSSR count). The van der Waals surface area contributed by atoms with Crippen LogP contribution in [0.5, 0.6) is 11.5 Å². The second-order valence-electron chi connectivity index (χ2n) is 9.36. The van der Waals surface area contributed by atoms with Crippen molar-refractivity contribution in [1.29, 1.82) is 0 Å². The van der Waals surface area contributed by atoms with E-state index in [-0.39, 0.29) is 33.9 Å². The van der Waals surface area contributed by atoms with E-state index in [9.17, 15) is 19.5 Å². The molecular weight excluding hydrogens is 642 g/mol. The van der Waals surface area contributed by atoms with E-state index in [0.717, 1.165) is 22.9 Å². The first-order valence-corrected chi connectivity index (χ1v) is 15.3. The van der Waals surface area contributed by atoms with Gasteiger partial charge < -0.3 is 15.2 Å². The van der Waals surface area contributed by atoms with Crippen LogP contribution in [0.15, 0.2) is 124 Å². The highest BCUT2D eigenvalue weighted by Crippen LogP contribution is 2.35. The van der Waals surface area contributed by atoms with E-state index in [0.29, 0.717) is 15.7 Å². The number of benzene rings is 3. The number of nitrogens with zero attached hydrogens (tertiary/aromatic N) is 2. The molecule has 0 fully saturated rings. The average Bonchev–Trinajstić information content (AvgIpc) is 3.03. The van der Waals surface area contributed by atoms with Gasteiger partial charge in [-0.15, -0.1) is 0 Å². The molecule has 0 saturated heterocycles. The minimum Gasteiger partial charge on any atom is -0.504 e. The van der Waals surface area contributed by atoms with Crippen molar-refractivity contribution < 1.29 is 24.2 Å². The number of phenolic OH excluding ortho intramolecular Hbond substituents is 1. The number of methoxy groups -OCH3 is 1. The zero-order chi connectivity index (χ0) is 31.6. The summed E-state index contributed by atoms with van der Waals surface area (Å²) in [6.07, 6.45) is 7.96. The number of nitrogens with one attached hydrogen (secondary N) is 1. The summed E-state index contributed by atoms with van der Waals surface area (Å²) in [6.45, 7) is 5.44. The maximum absolute atomic E-state index is 13.9. The predicted octanol–water partition coefficient (Wildman–Crippen LogP) is 6.56. The molecule has 1 aliphatic rings. The molecule has 224 valence electrons. The van der Waals surface area contributed by atoms with Crippen LogP contribution in [0.2, 0.25) is 0 Å². The Kier molecular flexibility index (Phi) is 11.1. The van der Waals surface area contributed by atoms with E-state index in [1.807, 2.05) is 60.7 Å². The number of hydrogen-bond acceptors (Lipinski definition) is 6. The normalized spacial score (nSPS) is 14.7. The first-order valence-electron chi connectivity index (χ1n) is 13.5. The lowest BCUT2D eigenvalue weighted by Crippen LogP contribution is -2.42. The molecule has 44 heavy (non-hydrogen) atoms. The van der Waals surface area contributed by atoms with Crippen molar-refractivity contribution in [3.63, 3.8) is 0 Å². The van der Waals surface area contributed by atoms with Gasteiger partial charge in [0.15, 0.2) is 16.7 Å². The predicted molar refractivity (Wildman–Crippen MR) is 178 cm³/mol. The number of ether oxygens (including phenoxy) is 1. The van der Waals surface area contributed by atoms with Crippen molar-refractivity contribution in [2.45, 2.75) is 13.0 Å². The van der Waals surface area contributed by atoms with Crippen LogP contribution in [0.1, 0.15) is 29.7 Å². The van der Waals surface area contributed by atoms with Crippen molar-refractivity contribution >= 4 is 56.7 Å². The zero-order valence-electron chi connectivity index (χ0n) is 24.1. The molecule has 3 aromatic carbocycles. The standard InChI is InChI=1S/C34H30BrN3O5S/c1-4-6-17-25(5-2)38-33(42)26(18-24-19-29(43-3)28(39)20-27(24)35)32(41)37-34(38)44-21-30(40)36-31(22-13-9-7-10-14-22)23-15-11-8-12-16-23/h4-20,31,39H,1,21H2,2-3H3,(H,36,40)/b17-6-,25-5+,26-18+. The minimum absolute atomic E-state index is 0.0624. The molecule has 1 heterocycles. The Morgan fingerprint density at radius 3 is 2.32 bits per heavy atom. The Morgan fingerprint density at radius 1 is 1.11 bits per heavy atom. The zero-order valence-corrected chi connectivity index (χ0v) is 26.5. The first-order chi connectivity index (χ1) is 21.3. The SMILES string of the molecule is C=C/C=C\C(=C/C)N1C(=O)/C(=C/c2cc(OC)c(O)cc2Br)C(=O)N=C1SCC(=O)NC(c1ccccc1)c1ccccc1. The van der Waals surface area contributed by atoms with E-state index in [4.69, 9.17) is 4.74 Å². The van der Waals surface area contributed by atoms with E-state index in [1.54, 1.807) is 31.2 Å². The molecule has 3 aromatic rings. The molecule has 0 bridgehead atoms. The summed E-state index contributed by atoms with van der Waals surface area (Å²) in [5, 5.41) is 13.2. The number of rotatable bonds is 10. The molecule has 2 N–H and O–H groups in total. The molecule has 0 radical (unpaired) electrons. The van der Waals surface area contributed by atoms with Crippen molar-refractivity contribution in [3.05, 3.63) is 136 Å². The molecule has 10 heteroatoms. The number of aliphatic imine (C=N–C) groups is 1. The quantitative estimate of drug-likeness (QED) is 0.144. The molecule has 0 unspecified atom stereocenters. The number of halogens is 1. The van der Waals surface area contributed by atoms with Gasteiger partial charge in [0.2, 0.25) is 5.91 Å². The largest absolute Gasteiger partial charge is 0.504 e. The van der Waals surface area contributed by atoms with Gasteiger partial charge in [-0.2, -0.15) is 4.99 Å². The molecule has 0 spiro atoms. The summed E-state index contributed by atoms with van der Waals surface area (Å²) in [5.41, 5.74) is 2.49. The fourth-order valence-electron chi connectivity index (χ4n) is 4.38. The molecule has 0 aliphatic carbocycles. The van der Waals surface area contributed by atoms with Crippen LogP contribution in [0.3, 0.4) is 0 Å². The lowest BCUT2D eigenvalue weighted by molar-refractivity contribution is -0.126. The average molecular weight is 673 g/mol. The molecule has 0 saturated carbocycles. The monoisotopic (exact) mass is 671 g/mol. The van der Waals surface area contributed by atoms with Gasteiger partial charge >= 0.3 is 0 Å². The molecule has 0 atom stereocenters. The summed E-state index contributed by atoms with van der Waals surface area (Å²) < 4.78 is 5.63. The van der Waals surface area contributed by atoms with Gasteiger partial charge in [0, 0.05) is 10.2 Å². The first kappa shape index (κ1) is 32.2. The number of amides is 3. The molecule has 8 nitrogen and oxygen atoms in total. The van der Waals surface area contributed by atoms with E-state index in [1.165, 1.54) is 30.2 Å². The van der Waals surface area contributed by atoms with E-state index >= 15 is 0 Å². The Balaban J connectivity index is 1.65. The number of carbonyl (C=O) groups is 3. The topological polar surface area (TPSA) is 108 Å². The van der Waals surface area contributed by atoms with Crippen molar-refractivity contribution in [2.24, 2.45) is 4.99 Å². The fourth-order valence-corrected chi connectivity index (χ4v) is 5.64. The third-order valence-electron chi connectivity index (χ3n) is 6.51. The minimum atomic E-state index is -0.761. The summed E-state index contributed by atoms with van der Waals surface area (Å²) >= 11 is 4.34. The maximum Gasteiger partial charge on any atom is 0.285 e. The van der Waals surface area contributed by atoms with Gasteiger partial charge in [0.25, 0.3) is 11.8 Å². The van der Waals surface area contributed by atoms with Gasteiger partial charge in [-0.25, -0.2) is 0 Å². The van der Waals surface area contributed by atoms with E-state index < -0.39 is 17.9 Å². The van der Waals surface area contributed by atoms with Gasteiger partial charge in [0.05, 0.1) is 18.9 Å². The molecule has 1 aliphatic heterocycles. The van der Waals surface area contributed by atoms with Gasteiger partial charge in [0.1, 0.15) is 5.57 Å². The van der Waals surface area contributed by atoms with Crippen LogP contribution < -0.4 is 10.1 Å². The van der Waals surface area contributed by atoms with Gasteiger partial charge in [-0.3, -0.25) is 19.3 Å². The van der Waals surface area contributed by atoms with Crippen molar-refractivity contribution in [1.82, 2.24) is 10.2 Å². The Bertz CT molecular complexity index is 1640. The summed E-state index contributed by atoms with van der Waals surface area (Å²) in [6, 6.07) is 21.7. The maximum atomic E-state index is 13.9. The van der Waals surface area contributed by atoms with Gasteiger partial charge in [-0.05, 0) is 47.9 Å². The van der Waals surface area contributed by atoms with E-state index in [2.05, 4.69) is 32.8 Å². The van der Waals surface area contributed by atoms with Crippen LogP contribution >= 0.6 is 27.7 Å². The summed E-state index contributed by atoms with van der Waals surface area (Å²) in [5.74, 6) is -1.73. The lowest BCUT2D eigenvalue weighted by Gasteiger charge is -2.28. The van der Waals surface area contributed by atoms with Crippen LogP contribution in [0, 0.1) is 0 Å². The lowest BCUT2D eigenvalue weighted by atomic mass is 9.99. The Morgan fingerprint density at radius 2 is 1.75 bits per heavy atom. The van der Waals surface area contributed by atoms with Gasteiger partial charge in [-0.1, -0.05) is 113 Å². The van der Waals surface area contributed by atoms with Crippen LogP contribution in [-0.2, 0) is 14.4 Å². The Labute approximate surface area is 268 Å². The second-order valence-corrected chi connectivity index (χ2v) is 11.2. The molecular formula is C34H30BrN3O5S. The number of amidine groups is 1. The third kappa shape index (κ3) is 7.64. The third-order valence-corrected chi connectivity index (χ3v) is 8.14. The van der Waals surface area contributed by atoms with Crippen LogP contribution in [0.4, 0.5) is 0 Å². The number of carbonyl (C=O) groups excluding carboxylic acids is 3. The van der Waals surface area contributed by atoms with Crippen LogP contribution in [-0.4, -0.2) is 45.8 Å². The Hall–Kier alpha value is -4.67. The highest BCUT2D eigenvalue weighted by Gasteiger charge is 2.35. The fraction of sp³-hybridized carbons (Fsp3) is 0.118.